The average Bonchev–Trinajstić information content (AvgIpc) is 3.53. The van der Waals surface area contributed by atoms with Gasteiger partial charge in [0, 0.05) is 35.7 Å². The van der Waals surface area contributed by atoms with Crippen LogP contribution in [0.4, 0.5) is 5.69 Å². The summed E-state index contributed by atoms with van der Waals surface area (Å²) in [4.78, 5) is 45.7. The lowest BCUT2D eigenvalue weighted by Crippen LogP contribution is -2.57. The number of esters is 1. The Morgan fingerprint density at radius 1 is 1.18 bits per heavy atom. The van der Waals surface area contributed by atoms with Crippen LogP contribution in [0.15, 0.2) is 49.6 Å². The summed E-state index contributed by atoms with van der Waals surface area (Å²) in [5, 5.41) is 9.69. The number of aliphatic hydroxyl groups is 1. The molecule has 3 fully saturated rings. The van der Waals surface area contributed by atoms with Gasteiger partial charge in [-0.1, -0.05) is 43.5 Å². The summed E-state index contributed by atoms with van der Waals surface area (Å²) in [6.45, 7) is 10.9. The number of unbranched alkanes of at least 4 members (excludes halogenated alkanes) is 4. The van der Waals surface area contributed by atoms with Gasteiger partial charge in [-0.3, -0.25) is 14.4 Å². The van der Waals surface area contributed by atoms with Crippen molar-refractivity contribution in [1.29, 1.82) is 0 Å². The summed E-state index contributed by atoms with van der Waals surface area (Å²) >= 11 is 7.79. The van der Waals surface area contributed by atoms with E-state index in [4.69, 9.17) is 21.4 Å². The maximum atomic E-state index is 14.6. The number of hydrogen-bond acceptors (Lipinski definition) is 6. The van der Waals surface area contributed by atoms with Gasteiger partial charge in [-0.25, -0.2) is 0 Å². The van der Waals surface area contributed by atoms with Crippen LogP contribution in [-0.2, 0) is 19.1 Å². The largest absolute Gasteiger partial charge is 0.465 e. The highest BCUT2D eigenvalue weighted by Gasteiger charge is 2.76. The van der Waals surface area contributed by atoms with E-state index in [0.717, 1.165) is 32.1 Å². The van der Waals surface area contributed by atoms with Crippen LogP contribution < -0.4 is 4.90 Å². The Kier molecular flexibility index (Phi) is 10.4. The molecule has 1 aromatic rings. The van der Waals surface area contributed by atoms with Crippen LogP contribution in [0.3, 0.4) is 0 Å². The Labute approximate surface area is 246 Å². The first-order valence-electron chi connectivity index (χ1n) is 14.4. The van der Waals surface area contributed by atoms with E-state index in [9.17, 15) is 14.4 Å². The molecule has 4 rings (SSSR count). The van der Waals surface area contributed by atoms with Gasteiger partial charge in [-0.2, -0.15) is 0 Å². The lowest BCUT2D eigenvalue weighted by atomic mass is 9.66. The van der Waals surface area contributed by atoms with E-state index in [-0.39, 0.29) is 42.1 Å². The molecular formula is C31H41ClN2O5S. The van der Waals surface area contributed by atoms with Crippen molar-refractivity contribution in [2.45, 2.75) is 67.9 Å². The fourth-order valence-corrected chi connectivity index (χ4v) is 9.30. The van der Waals surface area contributed by atoms with Gasteiger partial charge in [0.15, 0.2) is 0 Å². The van der Waals surface area contributed by atoms with Crippen LogP contribution in [-0.4, -0.2) is 70.1 Å². The summed E-state index contributed by atoms with van der Waals surface area (Å²) in [5.74, 6) is -1.69. The van der Waals surface area contributed by atoms with Gasteiger partial charge in [0.1, 0.15) is 6.04 Å². The van der Waals surface area contributed by atoms with E-state index in [1.807, 2.05) is 0 Å². The Morgan fingerprint density at radius 3 is 2.58 bits per heavy atom. The third-order valence-electron chi connectivity index (χ3n) is 8.57. The molecule has 3 heterocycles. The molecule has 0 radical (unpaired) electrons. The van der Waals surface area contributed by atoms with Crippen molar-refractivity contribution < 1.29 is 24.2 Å². The van der Waals surface area contributed by atoms with Gasteiger partial charge in [-0.05, 0) is 62.3 Å². The monoisotopic (exact) mass is 588 g/mol. The Hall–Kier alpha value is -2.29. The molecule has 1 spiro atoms. The van der Waals surface area contributed by atoms with Gasteiger partial charge in [0.05, 0.1) is 23.2 Å². The van der Waals surface area contributed by atoms with Crippen molar-refractivity contribution in [3.8, 4) is 0 Å². The zero-order valence-electron chi connectivity index (χ0n) is 23.3. The van der Waals surface area contributed by atoms with Gasteiger partial charge in [0.2, 0.25) is 5.91 Å². The molecule has 1 aromatic carbocycles. The van der Waals surface area contributed by atoms with E-state index >= 15 is 0 Å². The van der Waals surface area contributed by atoms with Crippen LogP contribution >= 0.6 is 23.4 Å². The smallest absolute Gasteiger partial charge is 0.310 e. The second kappa shape index (κ2) is 13.6. The first-order chi connectivity index (χ1) is 19.3. The summed E-state index contributed by atoms with van der Waals surface area (Å²) in [6.07, 6.45) is 8.82. The summed E-state index contributed by atoms with van der Waals surface area (Å²) in [6, 6.07) is 6.40. The number of fused-ring (bicyclic) bond motifs is 1. The van der Waals surface area contributed by atoms with E-state index < -0.39 is 22.6 Å². The second-order valence-electron chi connectivity index (χ2n) is 11.0. The molecule has 3 aliphatic rings. The minimum absolute atomic E-state index is 0.0544. The predicted molar refractivity (Wildman–Crippen MR) is 160 cm³/mol. The Balaban J connectivity index is 1.68. The van der Waals surface area contributed by atoms with Crippen LogP contribution in [0.2, 0.25) is 5.02 Å². The van der Waals surface area contributed by atoms with Gasteiger partial charge in [-0.15, -0.1) is 24.9 Å². The van der Waals surface area contributed by atoms with Crippen molar-refractivity contribution in [1.82, 2.24) is 4.90 Å². The number of thioether (sulfide) groups is 1. The quantitative estimate of drug-likeness (QED) is 0.171. The normalized spacial score (nSPS) is 28.4. The second-order valence-corrected chi connectivity index (χ2v) is 13.0. The van der Waals surface area contributed by atoms with Gasteiger partial charge >= 0.3 is 5.97 Å². The zero-order chi connectivity index (χ0) is 28.9. The first-order valence-corrected chi connectivity index (χ1v) is 15.6. The number of rotatable bonds is 15. The minimum atomic E-state index is -0.708. The fourth-order valence-electron chi connectivity index (χ4n) is 6.77. The van der Waals surface area contributed by atoms with Crippen molar-refractivity contribution in [2.24, 2.45) is 17.8 Å². The standard InChI is InChI=1S/C31H41ClN2O5S/c1-4-6-11-19-39-30(38)25-24-20-21(3)31(40-24)26(25)28(36)34(17-9-7-8-10-18-35)27(31)29(37)33(16-5-2)23-14-12-22(32)13-15-23/h4-5,12-15,21,24-27,35H,1-2,6-11,16-20H2,3H3/t21?,24-,25+,26+,27?,31?/m1/s1. The fraction of sp³-hybridized carbons (Fsp3) is 0.581. The number of nitrogens with zero attached hydrogens (tertiary/aromatic N) is 2. The van der Waals surface area contributed by atoms with E-state index in [1.165, 1.54) is 0 Å². The van der Waals surface area contributed by atoms with Crippen molar-refractivity contribution >= 4 is 46.8 Å². The molecule has 0 aromatic heterocycles. The minimum Gasteiger partial charge on any atom is -0.465 e. The maximum Gasteiger partial charge on any atom is 0.310 e. The number of allylic oxidation sites excluding steroid dienone is 1. The molecule has 218 valence electrons. The molecule has 3 aliphatic heterocycles. The number of benzene rings is 1. The van der Waals surface area contributed by atoms with Crippen molar-refractivity contribution in [3.05, 3.63) is 54.6 Å². The predicted octanol–water partition coefficient (Wildman–Crippen LogP) is 5.26. The SMILES string of the molecule is C=CCCCOC(=O)[C@@H]1[C@H]2C(=O)N(CCCCCCO)C(C(=O)N(CC=C)c3ccc(Cl)cc3)C23S[C@@H]1CC3C. The highest BCUT2D eigenvalue weighted by atomic mass is 35.5. The van der Waals surface area contributed by atoms with Crippen LogP contribution in [0, 0.1) is 17.8 Å². The molecule has 6 atom stereocenters. The summed E-state index contributed by atoms with van der Waals surface area (Å²) in [7, 11) is 0. The molecule has 2 amide bonds. The van der Waals surface area contributed by atoms with Crippen molar-refractivity contribution in [2.75, 3.05) is 31.2 Å². The number of carbonyl (C=O) groups excluding carboxylic acids is 3. The van der Waals surface area contributed by atoms with Crippen LogP contribution in [0.1, 0.15) is 51.9 Å². The molecule has 1 N–H and O–H groups in total. The highest BCUT2D eigenvalue weighted by Crippen LogP contribution is 2.68. The van der Waals surface area contributed by atoms with Crippen molar-refractivity contribution in [3.63, 3.8) is 0 Å². The number of carbonyl (C=O) groups is 3. The third kappa shape index (κ3) is 5.72. The van der Waals surface area contributed by atoms with Gasteiger partial charge in [0.25, 0.3) is 5.91 Å². The number of halogens is 1. The zero-order valence-corrected chi connectivity index (χ0v) is 24.9. The van der Waals surface area contributed by atoms with Gasteiger partial charge < -0.3 is 19.6 Å². The Morgan fingerprint density at radius 2 is 1.90 bits per heavy atom. The average molecular weight is 589 g/mol. The molecule has 0 saturated carbocycles. The summed E-state index contributed by atoms with van der Waals surface area (Å²) in [5.41, 5.74) is 0.688. The maximum absolute atomic E-state index is 14.6. The molecular weight excluding hydrogens is 548 g/mol. The topological polar surface area (TPSA) is 87.1 Å². The van der Waals surface area contributed by atoms with E-state index in [1.54, 1.807) is 58.0 Å². The number of aliphatic hydroxyl groups excluding tert-OH is 1. The summed E-state index contributed by atoms with van der Waals surface area (Å²) < 4.78 is 4.97. The van der Waals surface area contributed by atoms with Crippen LogP contribution in [0.25, 0.3) is 0 Å². The molecule has 2 bridgehead atoms. The Bertz CT molecular complexity index is 1100. The molecule has 7 nitrogen and oxygen atoms in total. The third-order valence-corrected chi connectivity index (χ3v) is 10.9. The van der Waals surface area contributed by atoms with E-state index in [0.29, 0.717) is 36.7 Å². The van der Waals surface area contributed by atoms with Crippen LogP contribution in [0.5, 0.6) is 0 Å². The number of amides is 2. The molecule has 3 unspecified atom stereocenters. The number of ether oxygens (including phenoxy) is 1. The molecule has 3 saturated heterocycles. The van der Waals surface area contributed by atoms with E-state index in [2.05, 4.69) is 20.1 Å². The number of likely N-dealkylation sites (tertiary alicyclic amines) is 1. The first kappa shape index (κ1) is 30.7. The molecule has 40 heavy (non-hydrogen) atoms. The molecule has 9 heteroatoms. The molecule has 0 aliphatic carbocycles. The lowest BCUT2D eigenvalue weighted by Gasteiger charge is -2.40. The lowest BCUT2D eigenvalue weighted by molar-refractivity contribution is -0.154. The number of anilines is 1. The highest BCUT2D eigenvalue weighted by molar-refractivity contribution is 8.02. The number of hydrogen-bond donors (Lipinski definition) is 1.